The molecule has 3 saturated heterocycles. The van der Waals surface area contributed by atoms with E-state index in [1.807, 2.05) is 18.7 Å². The lowest BCUT2D eigenvalue weighted by atomic mass is 10.0. The molecule has 1 N–H and O–H groups in total. The average molecular weight is 348 g/mol. The summed E-state index contributed by atoms with van der Waals surface area (Å²) in [7, 11) is 0. The molecule has 0 aliphatic carbocycles. The van der Waals surface area contributed by atoms with E-state index in [4.69, 9.17) is 4.74 Å². The zero-order valence-corrected chi connectivity index (χ0v) is 14.2. The van der Waals surface area contributed by atoms with Gasteiger partial charge in [0.25, 0.3) is 5.91 Å². The Morgan fingerprint density at radius 3 is 2.92 bits per heavy atom. The number of ether oxygens (including phenoxy) is 1. The molecule has 134 valence electrons. The van der Waals surface area contributed by atoms with Gasteiger partial charge in [-0.15, -0.1) is 0 Å². The van der Waals surface area contributed by atoms with Crippen LogP contribution in [0.1, 0.15) is 37.0 Å². The highest BCUT2D eigenvalue weighted by molar-refractivity contribution is 5.96. The van der Waals surface area contributed by atoms with Gasteiger partial charge in [0.1, 0.15) is 11.6 Å². The summed E-state index contributed by atoms with van der Waals surface area (Å²) in [5, 5.41) is 9.58. The molecule has 3 heterocycles. The summed E-state index contributed by atoms with van der Waals surface area (Å²) in [6.07, 6.45) is 0.716. The maximum atomic E-state index is 14.1. The second-order valence-electron chi connectivity index (χ2n) is 7.36. The number of carbonyl (C=O) groups is 2. The maximum Gasteiger partial charge on any atom is 0.257 e. The third-order valence-corrected chi connectivity index (χ3v) is 5.70. The largest absolute Gasteiger partial charge is 0.508 e. The quantitative estimate of drug-likeness (QED) is 0.884. The molecule has 3 fully saturated rings. The Morgan fingerprint density at radius 1 is 1.44 bits per heavy atom. The van der Waals surface area contributed by atoms with Gasteiger partial charge in [0.05, 0.1) is 30.7 Å². The van der Waals surface area contributed by atoms with Crippen molar-refractivity contribution in [3.8, 4) is 5.75 Å². The van der Waals surface area contributed by atoms with E-state index in [2.05, 4.69) is 0 Å². The standard InChI is InChI=1S/C18H21FN2O4/c1-10(2)14-9-25-18-5-6-20(15(18)8-16(23)21(14)18)17(24)12-7-11(22)3-4-13(12)19/h3-4,7,10,14-15,22H,5-6,8-9H2,1-2H3/t14-,15+,18-/m0/s1. The van der Waals surface area contributed by atoms with Crippen LogP contribution in [0.15, 0.2) is 18.2 Å². The van der Waals surface area contributed by atoms with Crippen LogP contribution in [-0.4, -0.2) is 57.7 Å². The van der Waals surface area contributed by atoms with Crippen LogP contribution < -0.4 is 0 Å². The van der Waals surface area contributed by atoms with Gasteiger partial charge < -0.3 is 19.6 Å². The van der Waals surface area contributed by atoms with Crippen molar-refractivity contribution in [3.05, 3.63) is 29.6 Å². The van der Waals surface area contributed by atoms with Gasteiger partial charge in [-0.3, -0.25) is 9.59 Å². The summed E-state index contributed by atoms with van der Waals surface area (Å²) in [4.78, 5) is 28.8. The van der Waals surface area contributed by atoms with E-state index in [1.54, 1.807) is 0 Å². The first-order valence-corrected chi connectivity index (χ1v) is 8.61. The highest BCUT2D eigenvalue weighted by Gasteiger charge is 2.65. The molecule has 0 saturated carbocycles. The zero-order valence-electron chi connectivity index (χ0n) is 14.2. The summed E-state index contributed by atoms with van der Waals surface area (Å²) in [6, 6.07) is 2.99. The number of rotatable bonds is 2. The zero-order chi connectivity index (χ0) is 17.9. The van der Waals surface area contributed by atoms with E-state index in [0.717, 1.165) is 12.1 Å². The van der Waals surface area contributed by atoms with Crippen LogP contribution in [0.4, 0.5) is 4.39 Å². The number of nitrogens with zero attached hydrogens (tertiary/aromatic N) is 2. The monoisotopic (exact) mass is 348 g/mol. The van der Waals surface area contributed by atoms with E-state index in [1.165, 1.54) is 11.0 Å². The lowest BCUT2D eigenvalue weighted by Crippen LogP contribution is -2.51. The van der Waals surface area contributed by atoms with Crippen molar-refractivity contribution < 1.29 is 23.8 Å². The Labute approximate surface area is 145 Å². The van der Waals surface area contributed by atoms with E-state index in [-0.39, 0.29) is 35.6 Å². The number of aromatic hydroxyl groups is 1. The lowest BCUT2D eigenvalue weighted by Gasteiger charge is -2.34. The molecule has 2 amide bonds. The molecule has 25 heavy (non-hydrogen) atoms. The number of benzene rings is 1. The minimum absolute atomic E-state index is 0.00468. The first-order chi connectivity index (χ1) is 11.8. The molecule has 7 heteroatoms. The van der Waals surface area contributed by atoms with Crippen LogP contribution in [-0.2, 0) is 9.53 Å². The average Bonchev–Trinajstić information content (AvgIpc) is 3.18. The fourth-order valence-electron chi connectivity index (χ4n) is 4.45. The molecule has 0 unspecified atom stereocenters. The van der Waals surface area contributed by atoms with Gasteiger partial charge in [0, 0.05) is 13.0 Å². The number of phenols is 1. The Balaban J connectivity index is 1.66. The molecule has 4 rings (SSSR count). The second kappa shape index (κ2) is 5.42. The highest BCUT2D eigenvalue weighted by Crippen LogP contribution is 2.49. The smallest absolute Gasteiger partial charge is 0.257 e. The molecular formula is C18H21FN2O4. The number of halogens is 1. The predicted molar refractivity (Wildman–Crippen MR) is 86.3 cm³/mol. The molecule has 3 atom stereocenters. The first kappa shape index (κ1) is 16.3. The van der Waals surface area contributed by atoms with Crippen LogP contribution >= 0.6 is 0 Å². The first-order valence-electron chi connectivity index (χ1n) is 8.61. The SMILES string of the molecule is CC(C)[C@@H]1CO[C@@]23CCN(C(=O)c4cc(O)ccc4F)[C@@H]2CC(=O)N13. The Morgan fingerprint density at radius 2 is 2.20 bits per heavy atom. The molecule has 0 radical (unpaired) electrons. The lowest BCUT2D eigenvalue weighted by molar-refractivity contribution is -0.139. The van der Waals surface area contributed by atoms with Crippen molar-refractivity contribution in [1.29, 1.82) is 0 Å². The minimum Gasteiger partial charge on any atom is -0.508 e. The normalized spacial score (nSPS) is 31.0. The van der Waals surface area contributed by atoms with E-state index < -0.39 is 23.5 Å². The van der Waals surface area contributed by atoms with Gasteiger partial charge in [-0.1, -0.05) is 13.8 Å². The molecule has 3 aliphatic heterocycles. The Kier molecular flexibility index (Phi) is 3.54. The second-order valence-corrected chi connectivity index (χ2v) is 7.36. The van der Waals surface area contributed by atoms with E-state index >= 15 is 0 Å². The van der Waals surface area contributed by atoms with Crippen molar-refractivity contribution in [2.24, 2.45) is 5.92 Å². The molecule has 1 aromatic carbocycles. The summed E-state index contributed by atoms with van der Waals surface area (Å²) < 4.78 is 20.1. The van der Waals surface area contributed by atoms with Gasteiger partial charge in [0.2, 0.25) is 5.91 Å². The molecule has 6 nitrogen and oxygen atoms in total. The molecule has 0 aromatic heterocycles. The third-order valence-electron chi connectivity index (χ3n) is 5.70. The van der Waals surface area contributed by atoms with Crippen molar-refractivity contribution in [3.63, 3.8) is 0 Å². The summed E-state index contributed by atoms with van der Waals surface area (Å²) in [5.41, 5.74) is -0.962. The highest BCUT2D eigenvalue weighted by atomic mass is 19.1. The van der Waals surface area contributed by atoms with Crippen LogP contribution in [0.2, 0.25) is 0 Å². The Bertz CT molecular complexity index is 753. The Hall–Kier alpha value is -2.15. The minimum atomic E-state index is -0.783. The molecule has 3 aliphatic rings. The van der Waals surface area contributed by atoms with Gasteiger partial charge >= 0.3 is 0 Å². The third kappa shape index (κ3) is 2.18. The van der Waals surface area contributed by atoms with Crippen molar-refractivity contribution in [2.45, 2.75) is 44.5 Å². The van der Waals surface area contributed by atoms with Gasteiger partial charge in [-0.05, 0) is 24.1 Å². The van der Waals surface area contributed by atoms with E-state index in [9.17, 15) is 19.1 Å². The number of likely N-dealkylation sites (tertiary alicyclic amines) is 1. The summed E-state index contributed by atoms with van der Waals surface area (Å²) in [6.45, 7) is 4.96. The predicted octanol–water partition coefficient (Wildman–Crippen LogP) is 1.73. The van der Waals surface area contributed by atoms with Crippen molar-refractivity contribution >= 4 is 11.8 Å². The number of amides is 2. The number of hydrogen-bond acceptors (Lipinski definition) is 4. The van der Waals surface area contributed by atoms with Crippen LogP contribution in [0.3, 0.4) is 0 Å². The molecule has 1 spiro atoms. The fraction of sp³-hybridized carbons (Fsp3) is 0.556. The maximum absolute atomic E-state index is 14.1. The van der Waals surface area contributed by atoms with Gasteiger partial charge in [0.15, 0.2) is 5.72 Å². The molecule has 1 aromatic rings. The number of hydrogen-bond donors (Lipinski definition) is 1. The topological polar surface area (TPSA) is 70.1 Å². The number of carbonyl (C=O) groups excluding carboxylic acids is 2. The van der Waals surface area contributed by atoms with Crippen molar-refractivity contribution in [1.82, 2.24) is 9.80 Å². The van der Waals surface area contributed by atoms with Crippen LogP contribution in [0, 0.1) is 11.7 Å². The summed E-state index contributed by atoms with van der Waals surface area (Å²) >= 11 is 0. The fourth-order valence-corrected chi connectivity index (χ4v) is 4.45. The van der Waals surface area contributed by atoms with E-state index in [0.29, 0.717) is 19.6 Å². The summed E-state index contributed by atoms with van der Waals surface area (Å²) in [5.74, 6) is -1.12. The van der Waals surface area contributed by atoms with Crippen LogP contribution in [0.25, 0.3) is 0 Å². The number of phenolic OH excluding ortho intramolecular Hbond substituents is 1. The molecular weight excluding hydrogens is 327 g/mol. The van der Waals surface area contributed by atoms with Gasteiger partial charge in [-0.25, -0.2) is 4.39 Å². The molecule has 0 bridgehead atoms. The van der Waals surface area contributed by atoms with Crippen LogP contribution in [0.5, 0.6) is 5.75 Å². The van der Waals surface area contributed by atoms with Crippen molar-refractivity contribution in [2.75, 3.05) is 13.2 Å². The van der Waals surface area contributed by atoms with Gasteiger partial charge in [-0.2, -0.15) is 0 Å².